The molecule has 1 unspecified atom stereocenters. The van der Waals surface area contributed by atoms with Gasteiger partial charge in [0.25, 0.3) is 0 Å². The molecule has 0 aromatic rings. The van der Waals surface area contributed by atoms with Crippen LogP contribution >= 0.6 is 0 Å². The highest BCUT2D eigenvalue weighted by atomic mass is 28.4. The number of allylic oxidation sites excluding steroid dienone is 1. The highest BCUT2D eigenvalue weighted by Crippen LogP contribution is 2.49. The van der Waals surface area contributed by atoms with Crippen LogP contribution in [-0.4, -0.2) is 64.0 Å². The zero-order valence-corrected chi connectivity index (χ0v) is 20.9. The Labute approximate surface area is 185 Å². The lowest BCUT2D eigenvalue weighted by atomic mass is 9.66. The van der Waals surface area contributed by atoms with Crippen LogP contribution in [0.2, 0.25) is 18.1 Å². The lowest BCUT2D eigenvalue weighted by Gasteiger charge is -2.56. The Morgan fingerprint density at radius 1 is 1.16 bits per heavy atom. The minimum Gasteiger partial charge on any atom is -0.466 e. The topological polar surface area (TPSA) is 82.1 Å². The zero-order valence-electron chi connectivity index (χ0n) is 19.9. The lowest BCUT2D eigenvalue weighted by molar-refractivity contribution is -0.163. The van der Waals surface area contributed by atoms with E-state index in [2.05, 4.69) is 33.9 Å². The summed E-state index contributed by atoms with van der Waals surface area (Å²) < 4.78 is 16.5. The molecule has 0 aromatic heterocycles. The van der Waals surface area contributed by atoms with Crippen LogP contribution in [0, 0.1) is 11.8 Å². The normalized spacial score (nSPS) is 27.0. The maximum Gasteiger partial charge on any atom is 0.334 e. The molecule has 1 aliphatic carbocycles. The molecular weight excluding hydrogens is 414 g/mol. The van der Waals surface area contributed by atoms with Gasteiger partial charge in [-0.3, -0.25) is 4.79 Å². The van der Waals surface area contributed by atoms with Crippen LogP contribution in [0.25, 0.3) is 0 Å². The molecule has 0 saturated carbocycles. The van der Waals surface area contributed by atoms with Crippen molar-refractivity contribution in [1.82, 2.24) is 4.90 Å². The molecule has 2 aliphatic heterocycles. The first-order valence-electron chi connectivity index (χ1n) is 10.9. The van der Waals surface area contributed by atoms with E-state index in [0.29, 0.717) is 30.5 Å². The van der Waals surface area contributed by atoms with Crippen LogP contribution in [0.5, 0.6) is 0 Å². The average molecular weight is 450 g/mol. The van der Waals surface area contributed by atoms with Gasteiger partial charge in [0, 0.05) is 12.5 Å². The molecule has 0 N–H and O–H groups in total. The number of fused-ring (bicyclic) bond motifs is 3. The minimum absolute atomic E-state index is 0.0448. The molecule has 0 spiro atoms. The largest absolute Gasteiger partial charge is 0.466 e. The number of carbonyl (C=O) groups excluding carboxylic acids is 3. The van der Waals surface area contributed by atoms with E-state index < -0.39 is 20.3 Å². The Balaban J connectivity index is 1.91. The molecule has 2 heterocycles. The number of amides is 1. The predicted octanol–water partition coefficient (Wildman–Crippen LogP) is 3.22. The van der Waals surface area contributed by atoms with Gasteiger partial charge < -0.3 is 18.8 Å². The molecule has 0 radical (unpaired) electrons. The van der Waals surface area contributed by atoms with Crippen LogP contribution < -0.4 is 0 Å². The van der Waals surface area contributed by atoms with E-state index in [1.54, 1.807) is 0 Å². The van der Waals surface area contributed by atoms with E-state index in [-0.39, 0.29) is 34.9 Å². The summed E-state index contributed by atoms with van der Waals surface area (Å²) in [4.78, 5) is 39.8. The summed E-state index contributed by atoms with van der Waals surface area (Å²) in [5.41, 5.74) is 1.75. The van der Waals surface area contributed by atoms with Crippen molar-refractivity contribution in [2.45, 2.75) is 70.8 Å². The van der Waals surface area contributed by atoms with E-state index in [0.717, 1.165) is 5.57 Å². The maximum atomic E-state index is 13.0. The Morgan fingerprint density at radius 3 is 2.32 bits per heavy atom. The summed E-state index contributed by atoms with van der Waals surface area (Å²) in [6.45, 7) is 13.5. The standard InChI is InChI=1S/C23H35NO6Si/c1-13(30-31(7,8)23(2,3)4)17-19-15-9-10-16(21(26)28-5)18(22(27)29-6)14(15)11-12-24(19)20(17)25/h9,13-14,17,19H,10-12H2,1-8H3/t13-,14?,17-,19-/m1/s1. The molecule has 7 nitrogen and oxygen atoms in total. The van der Waals surface area contributed by atoms with Gasteiger partial charge in [0.1, 0.15) is 0 Å². The van der Waals surface area contributed by atoms with E-state index in [4.69, 9.17) is 13.9 Å². The second kappa shape index (κ2) is 8.20. The number of hydrogen-bond donors (Lipinski definition) is 0. The van der Waals surface area contributed by atoms with Crippen molar-refractivity contribution < 1.29 is 28.3 Å². The number of esters is 2. The SMILES string of the molecule is COC(=O)C1=C(C(=O)OC)C2CCN3C(=O)[C@H]([C@@H](C)O[Si](C)(C)C(C)(C)C)[C@H]3C2=CC1. The van der Waals surface area contributed by atoms with Crippen molar-refractivity contribution >= 4 is 26.2 Å². The molecule has 3 aliphatic rings. The van der Waals surface area contributed by atoms with E-state index in [1.165, 1.54) is 14.2 Å². The Bertz CT molecular complexity index is 853. The number of nitrogens with zero attached hydrogens (tertiary/aromatic N) is 1. The fraction of sp³-hybridized carbons (Fsp3) is 0.696. The third kappa shape index (κ3) is 3.88. The lowest BCUT2D eigenvalue weighted by Crippen LogP contribution is -2.69. The second-order valence-electron chi connectivity index (χ2n) is 10.2. The van der Waals surface area contributed by atoms with Crippen LogP contribution in [0.1, 0.15) is 40.5 Å². The van der Waals surface area contributed by atoms with Crippen LogP contribution in [0.15, 0.2) is 22.8 Å². The first-order chi connectivity index (χ1) is 14.4. The van der Waals surface area contributed by atoms with Gasteiger partial charge in [-0.05, 0) is 43.5 Å². The monoisotopic (exact) mass is 449 g/mol. The number of carbonyl (C=O) groups is 3. The van der Waals surface area contributed by atoms with Gasteiger partial charge in [0.05, 0.1) is 43.4 Å². The van der Waals surface area contributed by atoms with Gasteiger partial charge in [-0.15, -0.1) is 0 Å². The molecule has 0 bridgehead atoms. The number of methoxy groups -OCH3 is 2. The first-order valence-corrected chi connectivity index (χ1v) is 13.8. The van der Waals surface area contributed by atoms with Crippen LogP contribution in [-0.2, 0) is 28.3 Å². The predicted molar refractivity (Wildman–Crippen MR) is 119 cm³/mol. The molecular formula is C23H35NO6Si. The highest BCUT2D eigenvalue weighted by molar-refractivity contribution is 6.74. The van der Waals surface area contributed by atoms with Gasteiger partial charge in [-0.2, -0.15) is 0 Å². The molecule has 0 aromatic carbocycles. The molecule has 8 heteroatoms. The minimum atomic E-state index is -2.05. The van der Waals surface area contributed by atoms with Crippen LogP contribution in [0.4, 0.5) is 0 Å². The molecule has 2 saturated heterocycles. The Kier molecular flexibility index (Phi) is 6.28. The number of ether oxygens (including phenoxy) is 2. The summed E-state index contributed by atoms with van der Waals surface area (Å²) in [5.74, 6) is -1.42. The fourth-order valence-electron chi connectivity index (χ4n) is 4.83. The van der Waals surface area contributed by atoms with Crippen LogP contribution in [0.3, 0.4) is 0 Å². The zero-order chi connectivity index (χ0) is 23.3. The second-order valence-corrected chi connectivity index (χ2v) is 15.0. The van der Waals surface area contributed by atoms with Crippen molar-refractivity contribution in [3.63, 3.8) is 0 Å². The third-order valence-electron chi connectivity index (χ3n) is 7.49. The molecule has 3 rings (SSSR count). The summed E-state index contributed by atoms with van der Waals surface area (Å²) in [7, 11) is 0.588. The van der Waals surface area contributed by atoms with Gasteiger partial charge >= 0.3 is 11.9 Å². The van der Waals surface area contributed by atoms with Gasteiger partial charge in [0.15, 0.2) is 8.32 Å². The summed E-state index contributed by atoms with van der Waals surface area (Å²) in [6, 6.07) is -0.107. The summed E-state index contributed by atoms with van der Waals surface area (Å²) >= 11 is 0. The van der Waals surface area contributed by atoms with Crippen molar-refractivity contribution in [3.05, 3.63) is 22.8 Å². The molecule has 31 heavy (non-hydrogen) atoms. The van der Waals surface area contributed by atoms with E-state index >= 15 is 0 Å². The van der Waals surface area contributed by atoms with Crippen molar-refractivity contribution in [1.29, 1.82) is 0 Å². The number of rotatable bonds is 5. The summed E-state index contributed by atoms with van der Waals surface area (Å²) in [5, 5.41) is 0.0448. The number of piperidine rings is 1. The van der Waals surface area contributed by atoms with Crippen molar-refractivity contribution in [3.8, 4) is 0 Å². The highest BCUT2D eigenvalue weighted by Gasteiger charge is 2.57. The first kappa shape index (κ1) is 23.7. The smallest absolute Gasteiger partial charge is 0.334 e. The third-order valence-corrected chi connectivity index (χ3v) is 12.1. The van der Waals surface area contributed by atoms with E-state index in [9.17, 15) is 14.4 Å². The molecule has 4 atom stereocenters. The quantitative estimate of drug-likeness (QED) is 0.277. The maximum absolute atomic E-state index is 13.0. The van der Waals surface area contributed by atoms with E-state index in [1.807, 2.05) is 17.9 Å². The van der Waals surface area contributed by atoms with Gasteiger partial charge in [-0.1, -0.05) is 26.8 Å². The molecule has 2 fully saturated rings. The summed E-state index contributed by atoms with van der Waals surface area (Å²) in [6.07, 6.45) is 2.66. The molecule has 1 amide bonds. The average Bonchev–Trinajstić information content (AvgIpc) is 2.69. The fourth-order valence-corrected chi connectivity index (χ4v) is 6.26. The molecule has 172 valence electrons. The Hall–Kier alpha value is -1.93. The number of hydrogen-bond acceptors (Lipinski definition) is 6. The Morgan fingerprint density at radius 2 is 1.77 bits per heavy atom. The van der Waals surface area contributed by atoms with Crippen molar-refractivity contribution in [2.75, 3.05) is 20.8 Å². The van der Waals surface area contributed by atoms with Gasteiger partial charge in [0.2, 0.25) is 5.91 Å². The van der Waals surface area contributed by atoms with Gasteiger partial charge in [-0.25, -0.2) is 9.59 Å². The van der Waals surface area contributed by atoms with Crippen molar-refractivity contribution in [2.24, 2.45) is 11.8 Å². The number of β-lactam (4-membered cyclic amide) rings is 1.